The number of hydrogen-bond acceptors (Lipinski definition) is 5. The Morgan fingerprint density at radius 2 is 2.29 bits per heavy atom. The van der Waals surface area contributed by atoms with Crippen LogP contribution in [0.3, 0.4) is 0 Å². The summed E-state index contributed by atoms with van der Waals surface area (Å²) in [7, 11) is 0. The summed E-state index contributed by atoms with van der Waals surface area (Å²) in [6.45, 7) is 2.72. The summed E-state index contributed by atoms with van der Waals surface area (Å²) < 4.78 is 4.52. The molecular formula is C16H17ClN4O3. The maximum Gasteiger partial charge on any atom is 0.275 e. The maximum atomic E-state index is 12.1. The standard InChI is InChI=1S/C16H17ClN4O3/c1-10-15(20-24-19-10)16(23)18-13-8-14(22)21(9-13)6-5-11-3-2-4-12(17)7-11/h2-4,7,13H,5-6,8-9H2,1H3,(H,18,23). The van der Waals surface area contributed by atoms with Gasteiger partial charge in [0.2, 0.25) is 5.91 Å². The van der Waals surface area contributed by atoms with Crippen LogP contribution in [-0.2, 0) is 11.2 Å². The fraction of sp³-hybridized carbons (Fsp3) is 0.375. The van der Waals surface area contributed by atoms with E-state index in [0.717, 1.165) is 12.0 Å². The molecule has 3 rings (SSSR count). The highest BCUT2D eigenvalue weighted by molar-refractivity contribution is 6.30. The van der Waals surface area contributed by atoms with Gasteiger partial charge in [0.15, 0.2) is 5.69 Å². The van der Waals surface area contributed by atoms with Gasteiger partial charge in [-0.3, -0.25) is 9.59 Å². The lowest BCUT2D eigenvalue weighted by Gasteiger charge is -2.17. The Hall–Kier alpha value is -2.41. The van der Waals surface area contributed by atoms with Crippen molar-refractivity contribution < 1.29 is 14.2 Å². The van der Waals surface area contributed by atoms with E-state index in [9.17, 15) is 9.59 Å². The summed E-state index contributed by atoms with van der Waals surface area (Å²) in [5.41, 5.74) is 1.65. The summed E-state index contributed by atoms with van der Waals surface area (Å²) in [5, 5.41) is 10.6. The van der Waals surface area contributed by atoms with Gasteiger partial charge >= 0.3 is 0 Å². The Balaban J connectivity index is 1.54. The van der Waals surface area contributed by atoms with E-state index >= 15 is 0 Å². The van der Waals surface area contributed by atoms with Gasteiger partial charge in [0.25, 0.3) is 5.91 Å². The molecule has 0 spiro atoms. The fourth-order valence-corrected chi connectivity index (χ4v) is 2.95. The average Bonchev–Trinajstić information content (AvgIpc) is 3.11. The third-order valence-corrected chi connectivity index (χ3v) is 4.21. The monoisotopic (exact) mass is 348 g/mol. The van der Waals surface area contributed by atoms with E-state index in [4.69, 9.17) is 11.6 Å². The van der Waals surface area contributed by atoms with Crippen LogP contribution in [0.2, 0.25) is 5.02 Å². The molecule has 0 radical (unpaired) electrons. The molecule has 0 aliphatic carbocycles. The van der Waals surface area contributed by atoms with Crippen molar-refractivity contribution in [2.75, 3.05) is 13.1 Å². The van der Waals surface area contributed by atoms with E-state index < -0.39 is 0 Å². The van der Waals surface area contributed by atoms with E-state index in [0.29, 0.717) is 23.8 Å². The van der Waals surface area contributed by atoms with Crippen LogP contribution >= 0.6 is 11.6 Å². The molecule has 1 N–H and O–H groups in total. The lowest BCUT2D eigenvalue weighted by molar-refractivity contribution is -0.127. The quantitative estimate of drug-likeness (QED) is 0.886. The summed E-state index contributed by atoms with van der Waals surface area (Å²) in [6, 6.07) is 7.34. The van der Waals surface area contributed by atoms with E-state index in [-0.39, 0.29) is 30.0 Å². The van der Waals surface area contributed by atoms with Crippen molar-refractivity contribution in [2.24, 2.45) is 0 Å². The Labute approximate surface area is 143 Å². The zero-order valence-electron chi connectivity index (χ0n) is 13.2. The molecule has 1 aliphatic heterocycles. The molecule has 1 atom stereocenters. The summed E-state index contributed by atoms with van der Waals surface area (Å²) >= 11 is 5.96. The van der Waals surface area contributed by atoms with Gasteiger partial charge in [-0.15, -0.1) is 0 Å². The number of halogens is 1. The van der Waals surface area contributed by atoms with Gasteiger partial charge in [0.05, 0.1) is 6.04 Å². The molecule has 1 aliphatic rings. The molecule has 8 heteroatoms. The molecule has 0 bridgehead atoms. The predicted molar refractivity (Wildman–Crippen MR) is 86.6 cm³/mol. The SMILES string of the molecule is Cc1nonc1C(=O)NC1CC(=O)N(CCc2cccc(Cl)c2)C1. The second kappa shape index (κ2) is 7.00. The molecule has 126 valence electrons. The highest BCUT2D eigenvalue weighted by Gasteiger charge is 2.31. The van der Waals surface area contributed by atoms with Gasteiger partial charge in [-0.2, -0.15) is 0 Å². The molecule has 2 aromatic rings. The predicted octanol–water partition coefficient (Wildman–Crippen LogP) is 1.60. The number of hydrogen-bond donors (Lipinski definition) is 1. The van der Waals surface area contributed by atoms with Crippen molar-refractivity contribution >= 4 is 23.4 Å². The molecule has 0 saturated carbocycles. The van der Waals surface area contributed by atoms with Crippen LogP contribution in [0.4, 0.5) is 0 Å². The van der Waals surface area contributed by atoms with Crippen LogP contribution < -0.4 is 5.32 Å². The fourth-order valence-electron chi connectivity index (χ4n) is 2.73. The third-order valence-electron chi connectivity index (χ3n) is 3.98. The van der Waals surface area contributed by atoms with Gasteiger partial charge in [-0.05, 0) is 36.2 Å². The number of carbonyl (C=O) groups excluding carboxylic acids is 2. The molecule has 1 aromatic carbocycles. The minimum absolute atomic E-state index is 0.0253. The molecule has 2 heterocycles. The first kappa shape index (κ1) is 16.4. The van der Waals surface area contributed by atoms with Crippen molar-refractivity contribution in [3.8, 4) is 0 Å². The summed E-state index contributed by atoms with van der Waals surface area (Å²) in [5.74, 6) is -0.347. The Morgan fingerprint density at radius 1 is 1.46 bits per heavy atom. The van der Waals surface area contributed by atoms with Crippen molar-refractivity contribution in [3.63, 3.8) is 0 Å². The smallest absolute Gasteiger partial charge is 0.275 e. The second-order valence-corrected chi connectivity index (χ2v) is 6.23. The molecule has 1 aromatic heterocycles. The number of nitrogens with one attached hydrogen (secondary N) is 1. The molecule has 1 unspecified atom stereocenters. The first-order valence-corrected chi connectivity index (χ1v) is 8.03. The number of nitrogens with zero attached hydrogens (tertiary/aromatic N) is 3. The zero-order valence-corrected chi connectivity index (χ0v) is 13.9. The van der Waals surface area contributed by atoms with Crippen LogP contribution in [0.1, 0.15) is 28.2 Å². The van der Waals surface area contributed by atoms with E-state index in [1.54, 1.807) is 11.8 Å². The van der Waals surface area contributed by atoms with Crippen molar-refractivity contribution in [2.45, 2.75) is 25.8 Å². The third kappa shape index (κ3) is 3.73. The van der Waals surface area contributed by atoms with Crippen LogP contribution in [0.5, 0.6) is 0 Å². The molecule has 1 saturated heterocycles. The normalized spacial score (nSPS) is 17.3. The van der Waals surface area contributed by atoms with Crippen molar-refractivity contribution in [1.82, 2.24) is 20.5 Å². The average molecular weight is 349 g/mol. The Kier molecular flexibility index (Phi) is 4.80. The highest BCUT2D eigenvalue weighted by Crippen LogP contribution is 2.15. The number of aromatic nitrogens is 2. The number of likely N-dealkylation sites (tertiary alicyclic amines) is 1. The van der Waals surface area contributed by atoms with Gasteiger partial charge in [0.1, 0.15) is 5.69 Å². The van der Waals surface area contributed by atoms with Gasteiger partial charge in [-0.1, -0.05) is 28.9 Å². The Morgan fingerprint density at radius 3 is 3.00 bits per heavy atom. The van der Waals surface area contributed by atoms with E-state index in [2.05, 4.69) is 20.3 Å². The number of aryl methyl sites for hydroxylation is 1. The highest BCUT2D eigenvalue weighted by atomic mass is 35.5. The van der Waals surface area contributed by atoms with Crippen molar-refractivity contribution in [1.29, 1.82) is 0 Å². The minimum Gasteiger partial charge on any atom is -0.345 e. The van der Waals surface area contributed by atoms with Crippen LogP contribution in [0, 0.1) is 6.92 Å². The second-order valence-electron chi connectivity index (χ2n) is 5.79. The van der Waals surface area contributed by atoms with Crippen molar-refractivity contribution in [3.05, 3.63) is 46.2 Å². The van der Waals surface area contributed by atoms with E-state index in [1.807, 2.05) is 24.3 Å². The summed E-state index contributed by atoms with van der Waals surface area (Å²) in [6.07, 6.45) is 1.00. The largest absolute Gasteiger partial charge is 0.345 e. The first-order valence-electron chi connectivity index (χ1n) is 7.65. The number of amides is 2. The number of benzene rings is 1. The lowest BCUT2D eigenvalue weighted by Crippen LogP contribution is -2.38. The first-order chi connectivity index (χ1) is 11.5. The molecule has 1 fully saturated rings. The molecule has 7 nitrogen and oxygen atoms in total. The van der Waals surface area contributed by atoms with E-state index in [1.165, 1.54) is 0 Å². The maximum absolute atomic E-state index is 12.1. The summed E-state index contributed by atoms with van der Waals surface area (Å²) in [4.78, 5) is 26.0. The zero-order chi connectivity index (χ0) is 17.1. The number of carbonyl (C=O) groups is 2. The lowest BCUT2D eigenvalue weighted by atomic mass is 10.1. The van der Waals surface area contributed by atoms with Gasteiger partial charge in [-0.25, -0.2) is 4.63 Å². The van der Waals surface area contributed by atoms with Crippen LogP contribution in [0.25, 0.3) is 0 Å². The van der Waals surface area contributed by atoms with Gasteiger partial charge < -0.3 is 10.2 Å². The van der Waals surface area contributed by atoms with Crippen LogP contribution in [0.15, 0.2) is 28.9 Å². The van der Waals surface area contributed by atoms with Gasteiger partial charge in [0, 0.05) is 24.5 Å². The topological polar surface area (TPSA) is 88.3 Å². The molecule has 24 heavy (non-hydrogen) atoms. The molecular weight excluding hydrogens is 332 g/mol. The number of rotatable bonds is 5. The minimum atomic E-state index is -0.372. The van der Waals surface area contributed by atoms with Crippen LogP contribution in [-0.4, -0.2) is 46.2 Å². The molecule has 2 amide bonds. The Bertz CT molecular complexity index is 761.